The first-order valence-corrected chi connectivity index (χ1v) is 26.6. The first kappa shape index (κ1) is 59.5. The van der Waals surface area contributed by atoms with Gasteiger partial charge in [0.1, 0.15) is 37.8 Å². The molecule has 31 heteroatoms. The number of amides is 2. The molecule has 26 nitrogen and oxygen atoms in total. The molecule has 2 amide bonds. The summed E-state index contributed by atoms with van der Waals surface area (Å²) >= 11 is 0. The second kappa shape index (κ2) is 24.6. The van der Waals surface area contributed by atoms with Crippen LogP contribution < -0.4 is 44.9 Å². The van der Waals surface area contributed by atoms with Gasteiger partial charge in [0.2, 0.25) is 0 Å². The van der Waals surface area contributed by atoms with Gasteiger partial charge >= 0.3 is 35.6 Å². The van der Waals surface area contributed by atoms with Crippen LogP contribution >= 0.6 is 0 Å². The van der Waals surface area contributed by atoms with Crippen molar-refractivity contribution in [3.8, 4) is 17.2 Å². The van der Waals surface area contributed by atoms with Crippen LogP contribution in [0.15, 0.2) is 143 Å². The Kier molecular flexibility index (Phi) is 19.5. The third-order valence-corrected chi connectivity index (χ3v) is 13.9. The minimum atomic E-state index is -5.30. The van der Waals surface area contributed by atoms with Gasteiger partial charge in [0.15, 0.2) is 11.5 Å². The van der Waals surface area contributed by atoms with Crippen LogP contribution in [0.4, 0.5) is 38.9 Å². The van der Waals surface area contributed by atoms with Crippen molar-refractivity contribution in [2.45, 2.75) is 19.6 Å². The summed E-state index contributed by atoms with van der Waals surface area (Å²) in [7, 11) is -18.3. The first-order chi connectivity index (χ1) is 34.7. The van der Waals surface area contributed by atoms with Crippen molar-refractivity contribution in [3.05, 3.63) is 103 Å². The Balaban J connectivity index is 0.000000856. The molecule has 0 radical (unpaired) electrons. The number of hydrogen-bond acceptors (Lipinski definition) is 21. The van der Waals surface area contributed by atoms with Crippen molar-refractivity contribution in [1.29, 1.82) is 0 Å². The van der Waals surface area contributed by atoms with E-state index in [1.54, 1.807) is 4.90 Å². The molecule has 0 atom stereocenters. The Bertz CT molecular complexity index is 3840. The molecule has 392 valence electrons. The van der Waals surface area contributed by atoms with Crippen molar-refractivity contribution >= 4 is 113 Å². The van der Waals surface area contributed by atoms with Crippen LogP contribution in [-0.2, 0) is 40.5 Å². The van der Waals surface area contributed by atoms with Gasteiger partial charge in [0.25, 0.3) is 30.4 Å². The number of aliphatic hydroxyl groups excluding tert-OH is 3. The number of azo groups is 2. The predicted molar refractivity (Wildman–Crippen MR) is 264 cm³/mol. The maximum Gasteiger partial charge on any atom is 1.00 e. The molecular formula is C44H42N7NaO19S4. The summed E-state index contributed by atoms with van der Waals surface area (Å²) in [6.45, 7) is 1.75. The van der Waals surface area contributed by atoms with Gasteiger partial charge < -0.3 is 45.5 Å². The van der Waals surface area contributed by atoms with Crippen molar-refractivity contribution in [2.75, 3.05) is 57.2 Å². The van der Waals surface area contributed by atoms with Crippen LogP contribution in [0.1, 0.15) is 0 Å². The minimum absolute atomic E-state index is 0. The Morgan fingerprint density at radius 2 is 1.03 bits per heavy atom. The number of phenols is 2. The molecule has 0 heterocycles. The number of methoxy groups -OCH3 is 1. The van der Waals surface area contributed by atoms with Crippen molar-refractivity contribution < 1.29 is 117 Å². The number of hydrogen-bond donors (Lipinski definition) is 10. The van der Waals surface area contributed by atoms with Crippen LogP contribution in [0.5, 0.6) is 17.2 Å². The van der Waals surface area contributed by atoms with E-state index in [0.717, 1.165) is 43.5 Å². The Morgan fingerprint density at radius 1 is 0.560 bits per heavy atom. The van der Waals surface area contributed by atoms with Crippen LogP contribution in [0.25, 0.3) is 32.3 Å². The molecule has 0 aliphatic rings. The fraction of sp³-hybridized carbons (Fsp3) is 0.159. The molecule has 10 N–H and O–H groups in total. The number of carbonyl (C=O) groups is 1. The normalized spacial score (nSPS) is 12.3. The van der Waals surface area contributed by atoms with Crippen LogP contribution in [0, 0.1) is 0 Å². The summed E-state index contributed by atoms with van der Waals surface area (Å²) in [5.41, 5.74) is -1.38. The topological polar surface area (TPSA) is 425 Å². The van der Waals surface area contributed by atoms with E-state index in [1.165, 1.54) is 66.7 Å². The molecule has 0 aliphatic heterocycles. The van der Waals surface area contributed by atoms with E-state index in [4.69, 9.17) is 20.1 Å². The van der Waals surface area contributed by atoms with Gasteiger partial charge in [-0.3, -0.25) is 18.6 Å². The van der Waals surface area contributed by atoms with Crippen molar-refractivity contribution in [2.24, 2.45) is 20.5 Å². The standard InChI is InChI=1S/C38H28N6O16S4.C6H15NO3.Na/c1-60-31-18-27(62(51,52)53)8-11-30(31)42-44-35-33(64(57,58)59)17-22-14-24(6-10-29(22)37(35)46)40-38(47)39-23-5-9-28-21(13-23)16-32(63(54,55)56)34(36(28)45)43-41-25-4-2-20-15-26(61(48,49)50)7-3-19(20)12-25;8-4-1-7(2-5-9)3-6-10;/h2-18,45-46H,1H3,(H2,39,40,47)(H,48,49,50)(H,51,52,53)(H,54,55,56)(H,57,58,59);8-10H,1-6H2;/q;;+1/p-1. The zero-order valence-electron chi connectivity index (χ0n) is 39.0. The minimum Gasteiger partial charge on any atom is -0.744 e. The van der Waals surface area contributed by atoms with Gasteiger partial charge in [-0.2, -0.15) is 30.4 Å². The molecule has 7 aromatic rings. The van der Waals surface area contributed by atoms with Gasteiger partial charge in [-0.25, -0.2) is 13.2 Å². The van der Waals surface area contributed by atoms with Gasteiger partial charge in [-0.1, -0.05) is 12.1 Å². The number of aliphatic hydroxyl groups is 3. The van der Waals surface area contributed by atoms with Gasteiger partial charge in [-0.05, 0) is 106 Å². The quantitative estimate of drug-likeness (QED) is 0.0356. The number of phenolic OH excluding ortho intramolecular Hbond substituents is 2. The van der Waals surface area contributed by atoms with Crippen LogP contribution in [0.3, 0.4) is 0 Å². The molecule has 0 saturated heterocycles. The molecule has 0 saturated carbocycles. The molecule has 0 aromatic heterocycles. The third-order valence-electron chi connectivity index (χ3n) is 10.5. The Labute approximate surface area is 449 Å². The zero-order valence-corrected chi connectivity index (χ0v) is 44.3. The molecule has 0 spiro atoms. The van der Waals surface area contributed by atoms with Crippen molar-refractivity contribution in [3.63, 3.8) is 0 Å². The fourth-order valence-electron chi connectivity index (χ4n) is 7.04. The molecular weight excluding hydrogens is 1080 g/mol. The molecule has 75 heavy (non-hydrogen) atoms. The first-order valence-electron chi connectivity index (χ1n) is 20.9. The van der Waals surface area contributed by atoms with Gasteiger partial charge in [0, 0.05) is 47.8 Å². The number of benzene rings is 7. The van der Waals surface area contributed by atoms with E-state index in [1.807, 2.05) is 0 Å². The van der Waals surface area contributed by atoms with Crippen LogP contribution in [0.2, 0.25) is 0 Å². The summed E-state index contributed by atoms with van der Waals surface area (Å²) in [6.07, 6.45) is 0. The largest absolute Gasteiger partial charge is 1.00 e. The summed E-state index contributed by atoms with van der Waals surface area (Å²) in [4.78, 5) is 12.1. The number of ether oxygens (including phenoxy) is 1. The number of carbonyl (C=O) groups excluding carboxylic acids is 1. The van der Waals surface area contributed by atoms with Crippen molar-refractivity contribution in [1.82, 2.24) is 4.90 Å². The smallest absolute Gasteiger partial charge is 0.744 e. The maximum absolute atomic E-state index is 13.1. The fourth-order valence-corrected chi connectivity index (χ4v) is 9.35. The van der Waals surface area contributed by atoms with E-state index in [9.17, 15) is 66.9 Å². The van der Waals surface area contributed by atoms with E-state index < -0.39 is 84.1 Å². The molecule has 0 aliphatic carbocycles. The number of nitrogens with zero attached hydrogens (tertiary/aromatic N) is 5. The average molecular weight is 1120 g/mol. The summed E-state index contributed by atoms with van der Waals surface area (Å²) in [5.74, 6) is -1.72. The monoisotopic (exact) mass is 1120 g/mol. The second-order valence-electron chi connectivity index (χ2n) is 15.4. The Morgan fingerprint density at radius 3 is 1.52 bits per heavy atom. The Hall–Kier alpha value is -6.33. The zero-order chi connectivity index (χ0) is 54.3. The summed E-state index contributed by atoms with van der Waals surface area (Å²) in [6, 6.07) is 19.6. The third kappa shape index (κ3) is 15.0. The van der Waals surface area contributed by atoms with Gasteiger partial charge in [-0.15, -0.1) is 15.3 Å². The predicted octanol–water partition coefficient (Wildman–Crippen LogP) is 2.95. The number of urea groups is 1. The second-order valence-corrected chi connectivity index (χ2v) is 21.0. The molecule has 7 rings (SSSR count). The van der Waals surface area contributed by atoms with E-state index in [2.05, 4.69) is 31.1 Å². The van der Waals surface area contributed by atoms with Crippen LogP contribution in [-0.4, -0.2) is 135 Å². The SMILES string of the molecule is COc1cc(S(=O)(=O)O)ccc1N=Nc1c(S(=O)(=O)O)cc2cc(NC(=O)Nc3ccc4c(O)c(N=Nc5ccc6cc(S(=O)(=O)O)ccc6c5)c(S(=O)(=O)[O-])cc4c3)ccc2c1O.OCCN(CCO)CCO.[Na+]. The van der Waals surface area contributed by atoms with E-state index in [-0.39, 0.29) is 104 Å². The number of nitrogens with one attached hydrogen (secondary N) is 2. The summed E-state index contributed by atoms with van der Waals surface area (Å²) in [5, 5.41) is 68.8. The average Bonchev–Trinajstić information content (AvgIpc) is 3.32. The molecule has 0 fully saturated rings. The number of rotatable bonds is 17. The number of anilines is 2. The molecule has 0 bridgehead atoms. The molecule has 0 unspecified atom stereocenters. The number of fused-ring (bicyclic) bond motifs is 3. The molecule has 7 aromatic carbocycles. The maximum atomic E-state index is 13.1. The van der Waals surface area contributed by atoms with E-state index >= 15 is 0 Å². The number of aromatic hydroxyl groups is 2. The summed E-state index contributed by atoms with van der Waals surface area (Å²) < 4.78 is 142. The van der Waals surface area contributed by atoms with Gasteiger partial charge in [0.05, 0.1) is 47.3 Å². The van der Waals surface area contributed by atoms with E-state index in [0.29, 0.717) is 30.4 Å².